The summed E-state index contributed by atoms with van der Waals surface area (Å²) in [5.74, 6) is 0.732. The molecule has 0 radical (unpaired) electrons. The van der Waals surface area contributed by atoms with E-state index in [-0.39, 0.29) is 0 Å². The van der Waals surface area contributed by atoms with Crippen molar-refractivity contribution in [2.24, 2.45) is 7.05 Å². The maximum atomic E-state index is 6.14. The molecule has 0 amide bonds. The second-order valence-electron chi connectivity index (χ2n) is 4.12. The fourth-order valence-corrected chi connectivity index (χ4v) is 2.32. The minimum Gasteiger partial charge on any atom is -0.495 e. The zero-order chi connectivity index (χ0) is 12.4. The van der Waals surface area contributed by atoms with Crippen molar-refractivity contribution in [2.75, 3.05) is 20.7 Å². The second kappa shape index (κ2) is 4.98. The van der Waals surface area contributed by atoms with Gasteiger partial charge in [-0.05, 0) is 37.7 Å². The molecule has 4 heteroatoms. The molecule has 0 saturated carbocycles. The van der Waals surface area contributed by atoms with Crippen molar-refractivity contribution in [3.8, 4) is 5.75 Å². The summed E-state index contributed by atoms with van der Waals surface area (Å²) in [5.41, 5.74) is 2.45. The molecule has 2 rings (SSSR count). The molecule has 0 aliphatic rings. The van der Waals surface area contributed by atoms with Gasteiger partial charge in [0, 0.05) is 24.1 Å². The van der Waals surface area contributed by atoms with E-state index in [2.05, 4.69) is 16.1 Å². The number of hydrogen-bond donors (Lipinski definition) is 1. The van der Waals surface area contributed by atoms with Gasteiger partial charge in [-0.2, -0.15) is 0 Å². The first kappa shape index (κ1) is 12.3. The molecule has 0 fully saturated rings. The Hall–Kier alpha value is -1.19. The largest absolute Gasteiger partial charge is 0.495 e. The summed E-state index contributed by atoms with van der Waals surface area (Å²) in [6.45, 7) is 0.962. The molecule has 1 N–H and O–H groups in total. The molecule has 0 bridgehead atoms. The van der Waals surface area contributed by atoms with Crippen LogP contribution in [0.1, 0.15) is 5.56 Å². The van der Waals surface area contributed by atoms with Crippen molar-refractivity contribution >= 4 is 22.5 Å². The highest BCUT2D eigenvalue weighted by Crippen LogP contribution is 2.32. The Morgan fingerprint density at radius 1 is 1.41 bits per heavy atom. The standard InChI is InChI=1S/C13H17ClN2O/c1-15-5-4-9-8-16(2)12-7-11(14)13(17-3)6-10(9)12/h6-8,15H,4-5H2,1-3H3. The van der Waals surface area contributed by atoms with Gasteiger partial charge in [0.1, 0.15) is 5.75 Å². The van der Waals surface area contributed by atoms with Crippen molar-refractivity contribution in [1.29, 1.82) is 0 Å². The van der Waals surface area contributed by atoms with Crippen LogP contribution in [-0.4, -0.2) is 25.3 Å². The highest BCUT2D eigenvalue weighted by atomic mass is 35.5. The number of nitrogens with zero attached hydrogens (tertiary/aromatic N) is 1. The van der Waals surface area contributed by atoms with Gasteiger partial charge in [0.05, 0.1) is 12.1 Å². The van der Waals surface area contributed by atoms with Crippen LogP contribution in [0.5, 0.6) is 5.75 Å². The van der Waals surface area contributed by atoms with Gasteiger partial charge in [0.2, 0.25) is 0 Å². The molecular weight excluding hydrogens is 236 g/mol. The molecule has 1 heterocycles. The lowest BCUT2D eigenvalue weighted by molar-refractivity contribution is 0.415. The number of aryl methyl sites for hydroxylation is 1. The fourth-order valence-electron chi connectivity index (χ4n) is 2.08. The third kappa shape index (κ3) is 2.26. The highest BCUT2D eigenvalue weighted by Gasteiger charge is 2.10. The number of fused-ring (bicyclic) bond motifs is 1. The van der Waals surface area contributed by atoms with E-state index in [1.807, 2.05) is 26.2 Å². The number of benzene rings is 1. The molecule has 1 aromatic heterocycles. The van der Waals surface area contributed by atoms with Crippen molar-refractivity contribution in [3.05, 3.63) is 28.9 Å². The Morgan fingerprint density at radius 3 is 2.82 bits per heavy atom. The maximum Gasteiger partial charge on any atom is 0.138 e. The maximum absolute atomic E-state index is 6.14. The monoisotopic (exact) mass is 252 g/mol. The predicted octanol–water partition coefficient (Wildman–Crippen LogP) is 2.60. The molecule has 0 aliphatic carbocycles. The summed E-state index contributed by atoms with van der Waals surface area (Å²) in [7, 11) is 5.64. The lowest BCUT2D eigenvalue weighted by Gasteiger charge is -2.05. The normalized spacial score (nSPS) is 11.1. The first-order valence-corrected chi connectivity index (χ1v) is 6.01. The van der Waals surface area contributed by atoms with Crippen LogP contribution < -0.4 is 10.1 Å². The quantitative estimate of drug-likeness (QED) is 0.905. The van der Waals surface area contributed by atoms with Crippen LogP contribution in [0.15, 0.2) is 18.3 Å². The van der Waals surface area contributed by atoms with Crippen molar-refractivity contribution < 1.29 is 4.74 Å². The zero-order valence-electron chi connectivity index (χ0n) is 10.4. The number of ether oxygens (including phenoxy) is 1. The summed E-state index contributed by atoms with van der Waals surface area (Å²) in [6, 6.07) is 3.97. The van der Waals surface area contributed by atoms with Gasteiger partial charge in [-0.25, -0.2) is 0 Å². The van der Waals surface area contributed by atoms with E-state index in [9.17, 15) is 0 Å². The Labute approximate surface area is 106 Å². The van der Waals surface area contributed by atoms with Crippen LogP contribution in [0.4, 0.5) is 0 Å². The topological polar surface area (TPSA) is 26.2 Å². The lowest BCUT2D eigenvalue weighted by atomic mass is 10.1. The Bertz CT molecular complexity index is 534. The summed E-state index contributed by atoms with van der Waals surface area (Å²) in [5, 5.41) is 5.03. The molecule has 2 aromatic rings. The predicted molar refractivity (Wildman–Crippen MR) is 72.1 cm³/mol. The first-order chi connectivity index (χ1) is 8.17. The number of hydrogen-bond acceptors (Lipinski definition) is 2. The number of aromatic nitrogens is 1. The van der Waals surface area contributed by atoms with Gasteiger partial charge in [-0.3, -0.25) is 0 Å². The van der Waals surface area contributed by atoms with Gasteiger partial charge >= 0.3 is 0 Å². The van der Waals surface area contributed by atoms with E-state index in [0.29, 0.717) is 5.02 Å². The molecule has 0 saturated heterocycles. The van der Waals surface area contributed by atoms with E-state index in [4.69, 9.17) is 16.3 Å². The van der Waals surface area contributed by atoms with Crippen LogP contribution in [0.25, 0.3) is 10.9 Å². The molecule has 92 valence electrons. The van der Waals surface area contributed by atoms with Gasteiger partial charge in [0.15, 0.2) is 0 Å². The Kier molecular flexibility index (Phi) is 3.60. The number of rotatable bonds is 4. The van der Waals surface area contributed by atoms with Crippen molar-refractivity contribution in [3.63, 3.8) is 0 Å². The third-order valence-corrected chi connectivity index (χ3v) is 3.29. The summed E-state index contributed by atoms with van der Waals surface area (Å²) in [4.78, 5) is 0. The van der Waals surface area contributed by atoms with Crippen LogP contribution in [-0.2, 0) is 13.5 Å². The Balaban J connectivity index is 2.54. The van der Waals surface area contributed by atoms with E-state index >= 15 is 0 Å². The molecular formula is C13H17ClN2O. The van der Waals surface area contributed by atoms with Crippen molar-refractivity contribution in [2.45, 2.75) is 6.42 Å². The minimum absolute atomic E-state index is 0.654. The van der Waals surface area contributed by atoms with Gasteiger partial charge in [-0.1, -0.05) is 11.6 Å². The number of nitrogens with one attached hydrogen (secondary N) is 1. The van der Waals surface area contributed by atoms with E-state index in [1.165, 1.54) is 10.9 Å². The van der Waals surface area contributed by atoms with Crippen molar-refractivity contribution in [1.82, 2.24) is 9.88 Å². The van der Waals surface area contributed by atoms with E-state index < -0.39 is 0 Å². The average molecular weight is 253 g/mol. The molecule has 3 nitrogen and oxygen atoms in total. The zero-order valence-corrected chi connectivity index (χ0v) is 11.1. The van der Waals surface area contributed by atoms with E-state index in [1.54, 1.807) is 7.11 Å². The molecule has 0 unspecified atom stereocenters. The molecule has 0 spiro atoms. The first-order valence-electron chi connectivity index (χ1n) is 5.63. The van der Waals surface area contributed by atoms with Gasteiger partial charge < -0.3 is 14.6 Å². The lowest BCUT2D eigenvalue weighted by Crippen LogP contribution is -2.09. The highest BCUT2D eigenvalue weighted by molar-refractivity contribution is 6.32. The second-order valence-corrected chi connectivity index (χ2v) is 4.53. The Morgan fingerprint density at radius 2 is 2.18 bits per heavy atom. The van der Waals surface area contributed by atoms with Crippen LogP contribution in [0.3, 0.4) is 0 Å². The van der Waals surface area contributed by atoms with Gasteiger partial charge in [0.25, 0.3) is 0 Å². The summed E-state index contributed by atoms with van der Waals surface area (Å²) in [6.07, 6.45) is 3.15. The fraction of sp³-hybridized carbons (Fsp3) is 0.385. The summed E-state index contributed by atoms with van der Waals surface area (Å²) >= 11 is 6.14. The SMILES string of the molecule is CNCCc1cn(C)c2cc(Cl)c(OC)cc12. The van der Waals surface area contributed by atoms with Crippen LogP contribution >= 0.6 is 11.6 Å². The molecule has 0 atom stereocenters. The van der Waals surface area contributed by atoms with Crippen LogP contribution in [0.2, 0.25) is 5.02 Å². The summed E-state index contributed by atoms with van der Waals surface area (Å²) < 4.78 is 7.37. The number of methoxy groups -OCH3 is 1. The number of likely N-dealkylation sites (N-methyl/N-ethyl adjacent to an activating group) is 1. The molecule has 17 heavy (non-hydrogen) atoms. The molecule has 0 aliphatic heterocycles. The minimum atomic E-state index is 0.654. The average Bonchev–Trinajstić information content (AvgIpc) is 2.62. The third-order valence-electron chi connectivity index (χ3n) is 2.99. The van der Waals surface area contributed by atoms with Crippen LogP contribution in [0, 0.1) is 0 Å². The van der Waals surface area contributed by atoms with Gasteiger partial charge in [-0.15, -0.1) is 0 Å². The molecule has 1 aromatic carbocycles. The number of halogens is 1. The smallest absolute Gasteiger partial charge is 0.138 e. The van der Waals surface area contributed by atoms with E-state index in [0.717, 1.165) is 24.2 Å².